The summed E-state index contributed by atoms with van der Waals surface area (Å²) in [6.45, 7) is 0.941. The van der Waals surface area contributed by atoms with Crippen molar-refractivity contribution in [2.75, 3.05) is 34.9 Å². The first-order valence-electron chi connectivity index (χ1n) is 11.2. The number of hydrogen-bond donors (Lipinski definition) is 2. The van der Waals surface area contributed by atoms with Crippen molar-refractivity contribution in [2.45, 2.75) is 11.3 Å². The number of amides is 2. The van der Waals surface area contributed by atoms with Gasteiger partial charge in [0.25, 0.3) is 0 Å². The van der Waals surface area contributed by atoms with Gasteiger partial charge in [-0.05, 0) is 36.4 Å². The van der Waals surface area contributed by atoms with Gasteiger partial charge in [-0.1, -0.05) is 11.6 Å². The summed E-state index contributed by atoms with van der Waals surface area (Å²) in [7, 11) is 0. The van der Waals surface area contributed by atoms with Crippen LogP contribution in [0.1, 0.15) is 11.1 Å². The molecule has 0 fully saturated rings. The van der Waals surface area contributed by atoms with Gasteiger partial charge in [0, 0.05) is 46.9 Å². The molecule has 1 unspecified atom stereocenters. The summed E-state index contributed by atoms with van der Waals surface area (Å²) >= 11 is 4.21. The Kier molecular flexibility index (Phi) is 7.09. The van der Waals surface area contributed by atoms with Crippen LogP contribution < -0.4 is 20.3 Å². The van der Waals surface area contributed by atoms with E-state index < -0.39 is 39.8 Å². The number of ether oxygens (including phenoxy) is 1. The maximum absolute atomic E-state index is 14.9. The number of urea groups is 1. The van der Waals surface area contributed by atoms with Gasteiger partial charge in [0.1, 0.15) is 12.1 Å². The number of fused-ring (bicyclic) bond motifs is 3. The van der Waals surface area contributed by atoms with Gasteiger partial charge in [0.05, 0.1) is 17.1 Å². The second kappa shape index (κ2) is 10.4. The number of anilines is 3. The smallest absolute Gasteiger partial charge is 0.417 e. The molecule has 2 aromatic carbocycles. The van der Waals surface area contributed by atoms with Crippen LogP contribution in [0.25, 0.3) is 6.08 Å². The van der Waals surface area contributed by atoms with Crippen LogP contribution in [0.2, 0.25) is 5.02 Å². The number of aromatic nitrogens is 2. The lowest BCUT2D eigenvalue weighted by Crippen LogP contribution is -2.34. The molecule has 39 heavy (non-hydrogen) atoms. The molecule has 2 aliphatic rings. The molecule has 2 amide bonds. The van der Waals surface area contributed by atoms with Gasteiger partial charge >= 0.3 is 17.4 Å². The number of halogens is 5. The topological polar surface area (TPSA) is 115 Å². The van der Waals surface area contributed by atoms with E-state index in [-0.39, 0.29) is 28.0 Å². The second-order valence-electron chi connectivity index (χ2n) is 8.27. The van der Waals surface area contributed by atoms with Crippen molar-refractivity contribution in [1.82, 2.24) is 9.97 Å². The number of benzene rings is 2. The molecule has 0 bridgehead atoms. The first-order chi connectivity index (χ1) is 18.5. The molecule has 2 aliphatic heterocycles. The molecule has 5 rings (SSSR count). The summed E-state index contributed by atoms with van der Waals surface area (Å²) in [5, 5.41) is 4.27. The number of hydrogen-bond acceptors (Lipinski definition) is 7. The van der Waals surface area contributed by atoms with Gasteiger partial charge in [-0.25, -0.2) is 9.18 Å². The molecule has 3 heterocycles. The van der Waals surface area contributed by atoms with Crippen LogP contribution in [-0.2, 0) is 17.4 Å². The quantitative estimate of drug-likeness (QED) is 0.240. The molecular formula is C24H17ClF4N6O3S. The Morgan fingerprint density at radius 3 is 2.59 bits per heavy atom. The van der Waals surface area contributed by atoms with Gasteiger partial charge in [0.15, 0.2) is 23.2 Å². The normalized spacial score (nSPS) is 15.1. The van der Waals surface area contributed by atoms with Crippen molar-refractivity contribution in [3.05, 3.63) is 70.3 Å². The minimum atomic E-state index is -4.70. The predicted octanol–water partition coefficient (Wildman–Crippen LogP) is 5.32. The molecule has 0 spiro atoms. The minimum absolute atomic E-state index is 0.0265. The fraction of sp³-hybridized carbons (Fsp3) is 0.167. The Bertz CT molecular complexity index is 1530. The monoisotopic (exact) mass is 580 g/mol. The van der Waals surface area contributed by atoms with Crippen molar-refractivity contribution >= 4 is 57.9 Å². The van der Waals surface area contributed by atoms with Crippen molar-refractivity contribution in [1.29, 1.82) is 0 Å². The molecule has 1 atom stereocenters. The van der Waals surface area contributed by atoms with Crippen LogP contribution in [0.3, 0.4) is 0 Å². The molecule has 0 saturated carbocycles. The molecule has 0 radical (unpaired) electrons. The van der Waals surface area contributed by atoms with E-state index in [1.807, 2.05) is 0 Å². The average Bonchev–Trinajstić information content (AvgIpc) is 3.36. The third kappa shape index (κ3) is 5.62. The molecule has 15 heteroatoms. The highest BCUT2D eigenvalue weighted by Crippen LogP contribution is 2.36. The Morgan fingerprint density at radius 1 is 1.18 bits per heavy atom. The van der Waals surface area contributed by atoms with Gasteiger partial charge < -0.3 is 24.8 Å². The molecule has 2 N–H and O–H groups in total. The van der Waals surface area contributed by atoms with E-state index in [9.17, 15) is 26.9 Å². The van der Waals surface area contributed by atoms with Gasteiger partial charge in [-0.15, -0.1) is 0 Å². The fourth-order valence-electron chi connectivity index (χ4n) is 3.86. The number of carbonyl (C=O) groups excluding carboxylic acids is 1. The predicted molar refractivity (Wildman–Crippen MR) is 138 cm³/mol. The van der Waals surface area contributed by atoms with E-state index in [0.717, 1.165) is 12.1 Å². The lowest BCUT2D eigenvalue weighted by atomic mass is 10.1. The first kappa shape index (κ1) is 26.7. The number of aliphatic imine (C=N–C) groups is 1. The fourth-order valence-corrected chi connectivity index (χ4v) is 4.50. The van der Waals surface area contributed by atoms with E-state index >= 15 is 0 Å². The largest absolute Gasteiger partial charge is 0.609 e. The Hall–Kier alpha value is -3.88. The van der Waals surface area contributed by atoms with Crippen LogP contribution in [-0.4, -0.2) is 45.7 Å². The van der Waals surface area contributed by atoms with Crippen molar-refractivity contribution in [3.63, 3.8) is 0 Å². The second-order valence-corrected chi connectivity index (χ2v) is 9.95. The van der Waals surface area contributed by atoms with Crippen LogP contribution in [0, 0.1) is 5.82 Å². The summed E-state index contributed by atoms with van der Waals surface area (Å²) in [4.78, 5) is 26.9. The SMILES string of the molecule is C[S+]([O-])c1ncc2c(n1)N1CCN=C1C(Oc1ccc(NC(=O)Nc3ccc(Cl)c(C(F)(F)F)c3)cc1F)=C2. The lowest BCUT2D eigenvalue weighted by molar-refractivity contribution is -0.137. The maximum Gasteiger partial charge on any atom is 0.417 e. The molecule has 3 aromatic rings. The minimum Gasteiger partial charge on any atom is -0.609 e. The Labute approximate surface area is 226 Å². The summed E-state index contributed by atoms with van der Waals surface area (Å²) in [6.07, 6.45) is -0.135. The highest BCUT2D eigenvalue weighted by Gasteiger charge is 2.34. The number of rotatable bonds is 5. The highest BCUT2D eigenvalue weighted by molar-refractivity contribution is 7.90. The van der Waals surface area contributed by atoms with Gasteiger partial charge in [-0.3, -0.25) is 4.99 Å². The molecule has 9 nitrogen and oxygen atoms in total. The van der Waals surface area contributed by atoms with Crippen LogP contribution in [0.15, 0.2) is 58.5 Å². The Morgan fingerprint density at radius 2 is 1.90 bits per heavy atom. The zero-order valence-corrected chi connectivity index (χ0v) is 21.4. The van der Waals surface area contributed by atoms with Crippen molar-refractivity contribution in [3.8, 4) is 5.75 Å². The summed E-state index contributed by atoms with van der Waals surface area (Å²) in [6, 6.07) is 5.65. The number of nitrogens with zero attached hydrogens (tertiary/aromatic N) is 4. The third-order valence-corrected chi connectivity index (χ3v) is 6.61. The van der Waals surface area contributed by atoms with E-state index in [2.05, 4.69) is 25.6 Å². The summed E-state index contributed by atoms with van der Waals surface area (Å²) < 4.78 is 71.7. The zero-order valence-electron chi connectivity index (χ0n) is 19.8. The Balaban J connectivity index is 1.31. The van der Waals surface area contributed by atoms with E-state index in [1.165, 1.54) is 30.7 Å². The molecule has 0 saturated heterocycles. The van der Waals surface area contributed by atoms with Gasteiger partial charge in [-0.2, -0.15) is 23.1 Å². The van der Waals surface area contributed by atoms with Crippen molar-refractivity contribution < 1.29 is 31.6 Å². The van der Waals surface area contributed by atoms with Crippen LogP contribution in [0.4, 0.5) is 39.5 Å². The third-order valence-electron chi connectivity index (χ3n) is 5.57. The zero-order chi connectivity index (χ0) is 27.9. The average molecular weight is 581 g/mol. The van der Waals surface area contributed by atoms with E-state index in [4.69, 9.17) is 16.3 Å². The standard InChI is InChI=1S/C24H17ClF4N6O3S/c1-39(37)23-31-11-12-8-19(21-30-6-7-35(21)20(12)34-23)38-18-5-3-14(10-17(18)26)33-22(36)32-13-2-4-16(25)15(9-13)24(27,28)29/h2-5,8-11H,6-7H2,1H3,(H2,32,33,36). The maximum atomic E-state index is 14.9. The van der Waals surface area contributed by atoms with Crippen LogP contribution >= 0.6 is 11.6 Å². The lowest BCUT2D eigenvalue weighted by Gasteiger charge is -2.26. The first-order valence-corrected chi connectivity index (χ1v) is 13.1. The molecule has 0 aliphatic carbocycles. The van der Waals surface area contributed by atoms with Crippen LogP contribution in [0.5, 0.6) is 5.75 Å². The van der Waals surface area contributed by atoms with Crippen molar-refractivity contribution in [2.24, 2.45) is 4.99 Å². The highest BCUT2D eigenvalue weighted by atomic mass is 35.5. The number of carbonyl (C=O) groups is 1. The molecule has 1 aromatic heterocycles. The number of alkyl halides is 3. The van der Waals surface area contributed by atoms with Gasteiger partial charge in [0.2, 0.25) is 0 Å². The summed E-state index contributed by atoms with van der Waals surface area (Å²) in [5.74, 6) is 0.215. The molecular weight excluding hydrogens is 564 g/mol. The van der Waals surface area contributed by atoms with E-state index in [0.29, 0.717) is 36.4 Å². The number of nitrogens with one attached hydrogen (secondary N) is 2. The summed E-state index contributed by atoms with van der Waals surface area (Å²) in [5.41, 5.74) is -0.658. The number of amidine groups is 1. The molecule has 202 valence electrons. The van der Waals surface area contributed by atoms with E-state index in [1.54, 1.807) is 11.0 Å².